The van der Waals surface area contributed by atoms with E-state index in [1.807, 2.05) is 48.5 Å². The Morgan fingerprint density at radius 3 is 2.49 bits per heavy atom. The standard InChI is InChI=1S/C32H22Br3N3O5/c1-40-26-8-5-9-27-22(26)15-29(43-27)31-37-25-7-4-3-6-21(25)32(39)38(31)36-16-18-12-24(35)30(28(13-18)41-2)42-17-19-10-11-20(33)14-23(19)34/h3-16H,17H2,1-2H3. The van der Waals surface area contributed by atoms with Gasteiger partial charge in [0, 0.05) is 14.5 Å². The first kappa shape index (κ1) is 29.2. The lowest BCUT2D eigenvalue weighted by atomic mass is 10.2. The van der Waals surface area contributed by atoms with Crippen molar-refractivity contribution in [2.45, 2.75) is 6.61 Å². The molecule has 0 fully saturated rings. The molecule has 0 aliphatic rings. The SMILES string of the molecule is COc1cc(C=Nn2c(-c3cc4c(OC)cccc4o3)nc3ccccc3c2=O)cc(Br)c1OCc1ccc(Br)cc1Br. The van der Waals surface area contributed by atoms with Gasteiger partial charge in [0.2, 0.25) is 5.82 Å². The molecule has 0 amide bonds. The van der Waals surface area contributed by atoms with Crippen LogP contribution in [0.2, 0.25) is 0 Å². The van der Waals surface area contributed by atoms with E-state index in [4.69, 9.17) is 23.6 Å². The Labute approximate surface area is 271 Å². The summed E-state index contributed by atoms with van der Waals surface area (Å²) in [6.07, 6.45) is 1.56. The Morgan fingerprint density at radius 1 is 0.884 bits per heavy atom. The van der Waals surface area contributed by atoms with Crippen molar-refractivity contribution in [1.29, 1.82) is 0 Å². The number of hydrogen-bond acceptors (Lipinski definition) is 7. The number of para-hydroxylation sites is 1. The molecule has 0 saturated heterocycles. The van der Waals surface area contributed by atoms with Gasteiger partial charge in [-0.15, -0.1) is 0 Å². The molecule has 0 spiro atoms. The first-order chi connectivity index (χ1) is 20.9. The summed E-state index contributed by atoms with van der Waals surface area (Å²) in [5.41, 5.74) is 2.44. The topological polar surface area (TPSA) is 88.1 Å². The smallest absolute Gasteiger partial charge is 0.282 e. The van der Waals surface area contributed by atoms with Gasteiger partial charge in [-0.25, -0.2) is 4.98 Å². The third-order valence-electron chi connectivity index (χ3n) is 6.68. The van der Waals surface area contributed by atoms with E-state index in [9.17, 15) is 4.79 Å². The van der Waals surface area contributed by atoms with Crippen LogP contribution in [-0.4, -0.2) is 30.1 Å². The fourth-order valence-electron chi connectivity index (χ4n) is 4.58. The van der Waals surface area contributed by atoms with Crippen LogP contribution in [0.15, 0.2) is 107 Å². The summed E-state index contributed by atoms with van der Waals surface area (Å²) in [5, 5.41) is 5.76. The summed E-state index contributed by atoms with van der Waals surface area (Å²) in [4.78, 5) is 18.4. The van der Waals surface area contributed by atoms with Gasteiger partial charge in [0.05, 0.1) is 41.2 Å². The molecule has 0 radical (unpaired) electrons. The second-order valence-electron chi connectivity index (χ2n) is 9.36. The maximum absolute atomic E-state index is 13.7. The van der Waals surface area contributed by atoms with Crippen molar-refractivity contribution in [1.82, 2.24) is 9.66 Å². The maximum atomic E-state index is 13.7. The minimum absolute atomic E-state index is 0.254. The van der Waals surface area contributed by atoms with Crippen molar-refractivity contribution in [3.05, 3.63) is 114 Å². The predicted molar refractivity (Wildman–Crippen MR) is 178 cm³/mol. The lowest BCUT2D eigenvalue weighted by Gasteiger charge is -2.14. The predicted octanol–water partition coefficient (Wildman–Crippen LogP) is 8.58. The highest BCUT2D eigenvalue weighted by atomic mass is 79.9. The van der Waals surface area contributed by atoms with Crippen molar-refractivity contribution in [2.75, 3.05) is 14.2 Å². The van der Waals surface area contributed by atoms with Crippen LogP contribution in [0.5, 0.6) is 17.2 Å². The number of rotatable bonds is 8. The molecule has 0 N–H and O–H groups in total. The average molecular weight is 768 g/mol. The first-order valence-electron chi connectivity index (χ1n) is 12.9. The van der Waals surface area contributed by atoms with Crippen LogP contribution in [0, 0.1) is 0 Å². The molecule has 6 aromatic rings. The zero-order valence-corrected chi connectivity index (χ0v) is 27.6. The van der Waals surface area contributed by atoms with Gasteiger partial charge in [-0.1, -0.05) is 56.1 Å². The second kappa shape index (κ2) is 12.4. The fourth-order valence-corrected chi connectivity index (χ4v) is 6.32. The summed E-state index contributed by atoms with van der Waals surface area (Å²) >= 11 is 10.6. The van der Waals surface area contributed by atoms with Crippen LogP contribution in [0.1, 0.15) is 11.1 Å². The van der Waals surface area contributed by atoms with Gasteiger partial charge in [0.1, 0.15) is 17.9 Å². The van der Waals surface area contributed by atoms with E-state index in [0.717, 1.165) is 19.9 Å². The van der Waals surface area contributed by atoms with E-state index in [0.29, 0.717) is 56.1 Å². The zero-order chi connectivity index (χ0) is 30.1. The monoisotopic (exact) mass is 765 g/mol. The molecular formula is C32H22Br3N3O5. The Morgan fingerprint density at radius 2 is 1.70 bits per heavy atom. The fraction of sp³-hybridized carbons (Fsp3) is 0.0938. The number of furan rings is 1. The molecule has 11 heteroatoms. The molecule has 6 rings (SSSR count). The second-order valence-corrected chi connectivity index (χ2v) is 12.0. The Kier molecular flexibility index (Phi) is 8.38. The number of benzene rings is 4. The molecule has 0 saturated carbocycles. The summed E-state index contributed by atoms with van der Waals surface area (Å²) in [7, 11) is 3.16. The lowest BCUT2D eigenvalue weighted by Crippen LogP contribution is -2.20. The van der Waals surface area contributed by atoms with E-state index in [1.165, 1.54) is 4.68 Å². The van der Waals surface area contributed by atoms with Crippen LogP contribution in [0.4, 0.5) is 0 Å². The van der Waals surface area contributed by atoms with E-state index >= 15 is 0 Å². The highest BCUT2D eigenvalue weighted by Crippen LogP contribution is 2.38. The van der Waals surface area contributed by atoms with Gasteiger partial charge in [0.25, 0.3) is 5.56 Å². The average Bonchev–Trinajstić information content (AvgIpc) is 3.45. The number of methoxy groups -OCH3 is 2. The third kappa shape index (κ3) is 5.84. The molecule has 0 bridgehead atoms. The highest BCUT2D eigenvalue weighted by molar-refractivity contribution is 9.11. The summed E-state index contributed by atoms with van der Waals surface area (Å²) < 4.78 is 27.2. The van der Waals surface area contributed by atoms with Gasteiger partial charge in [-0.05, 0) is 76.1 Å². The number of ether oxygens (including phenoxy) is 3. The number of hydrogen-bond donors (Lipinski definition) is 0. The number of aromatic nitrogens is 2. The molecule has 43 heavy (non-hydrogen) atoms. The number of fused-ring (bicyclic) bond motifs is 2. The Balaban J connectivity index is 1.40. The van der Waals surface area contributed by atoms with Crippen LogP contribution < -0.4 is 19.8 Å². The van der Waals surface area contributed by atoms with E-state index < -0.39 is 0 Å². The third-order valence-corrected chi connectivity index (χ3v) is 8.50. The van der Waals surface area contributed by atoms with Crippen molar-refractivity contribution in [2.24, 2.45) is 5.10 Å². The van der Waals surface area contributed by atoms with Gasteiger partial charge < -0.3 is 18.6 Å². The molecule has 8 nitrogen and oxygen atoms in total. The normalized spacial score (nSPS) is 11.5. The van der Waals surface area contributed by atoms with Crippen LogP contribution >= 0.6 is 47.8 Å². The highest BCUT2D eigenvalue weighted by Gasteiger charge is 2.18. The van der Waals surface area contributed by atoms with Gasteiger partial charge in [0.15, 0.2) is 17.3 Å². The molecule has 2 aromatic heterocycles. The minimum Gasteiger partial charge on any atom is -0.496 e. The molecule has 0 unspecified atom stereocenters. The Hall–Kier alpha value is -3.93. The summed E-state index contributed by atoms with van der Waals surface area (Å²) in [6.45, 7) is 0.320. The molecule has 0 aliphatic carbocycles. The summed E-state index contributed by atoms with van der Waals surface area (Å²) in [5.74, 6) is 2.32. The molecular weight excluding hydrogens is 746 g/mol. The molecule has 2 heterocycles. The quantitative estimate of drug-likeness (QED) is 0.144. The number of nitrogens with zero attached hydrogens (tertiary/aromatic N) is 3. The van der Waals surface area contributed by atoms with Crippen molar-refractivity contribution in [3.8, 4) is 28.8 Å². The first-order valence-corrected chi connectivity index (χ1v) is 15.3. The minimum atomic E-state index is -0.338. The van der Waals surface area contributed by atoms with Crippen molar-refractivity contribution < 1.29 is 18.6 Å². The number of halogens is 3. The van der Waals surface area contributed by atoms with Crippen LogP contribution in [0.3, 0.4) is 0 Å². The van der Waals surface area contributed by atoms with Gasteiger partial charge in [-0.2, -0.15) is 9.78 Å². The summed E-state index contributed by atoms with van der Waals surface area (Å²) in [6, 6.07) is 23.9. The largest absolute Gasteiger partial charge is 0.496 e. The molecule has 0 aliphatic heterocycles. The van der Waals surface area contributed by atoms with Crippen LogP contribution in [-0.2, 0) is 6.61 Å². The molecule has 4 aromatic carbocycles. The van der Waals surface area contributed by atoms with E-state index in [1.54, 1.807) is 50.8 Å². The van der Waals surface area contributed by atoms with E-state index in [-0.39, 0.29) is 11.4 Å². The molecule has 0 atom stereocenters. The van der Waals surface area contributed by atoms with Gasteiger partial charge >= 0.3 is 0 Å². The van der Waals surface area contributed by atoms with E-state index in [2.05, 4.69) is 52.9 Å². The lowest BCUT2D eigenvalue weighted by molar-refractivity contribution is 0.282. The van der Waals surface area contributed by atoms with Crippen LogP contribution in [0.25, 0.3) is 33.5 Å². The van der Waals surface area contributed by atoms with Crippen molar-refractivity contribution >= 4 is 75.9 Å². The molecule has 216 valence electrons. The Bertz CT molecular complexity index is 2090. The van der Waals surface area contributed by atoms with Gasteiger partial charge in [-0.3, -0.25) is 4.79 Å². The van der Waals surface area contributed by atoms with Crippen molar-refractivity contribution in [3.63, 3.8) is 0 Å². The zero-order valence-electron chi connectivity index (χ0n) is 22.8. The maximum Gasteiger partial charge on any atom is 0.282 e.